The van der Waals surface area contributed by atoms with Gasteiger partial charge in [-0.05, 0) is 17.7 Å². The van der Waals surface area contributed by atoms with Gasteiger partial charge >= 0.3 is 0 Å². The van der Waals surface area contributed by atoms with Crippen molar-refractivity contribution in [2.45, 2.75) is 6.61 Å². The predicted molar refractivity (Wildman–Crippen MR) is 87.6 cm³/mol. The van der Waals surface area contributed by atoms with Crippen LogP contribution in [-0.2, 0) is 11.3 Å². The maximum absolute atomic E-state index is 12.4. The molecular formula is C17H16ClNO4. The van der Waals surface area contributed by atoms with Crippen LogP contribution in [-0.4, -0.2) is 26.2 Å². The molecule has 0 spiro atoms. The number of amides is 1. The Labute approximate surface area is 139 Å². The van der Waals surface area contributed by atoms with Gasteiger partial charge in [0.1, 0.15) is 13.2 Å². The van der Waals surface area contributed by atoms with Gasteiger partial charge < -0.3 is 19.5 Å². The van der Waals surface area contributed by atoms with Crippen molar-refractivity contribution in [3.63, 3.8) is 0 Å². The smallest absolute Gasteiger partial charge is 0.255 e. The molecule has 3 rings (SSSR count). The van der Waals surface area contributed by atoms with Gasteiger partial charge in [-0.25, -0.2) is 0 Å². The highest BCUT2D eigenvalue weighted by Gasteiger charge is 2.17. The van der Waals surface area contributed by atoms with E-state index in [1.54, 1.807) is 31.4 Å². The molecule has 5 nitrogen and oxygen atoms in total. The van der Waals surface area contributed by atoms with Crippen molar-refractivity contribution < 1.29 is 19.0 Å². The molecule has 0 radical (unpaired) electrons. The summed E-state index contributed by atoms with van der Waals surface area (Å²) in [4.78, 5) is 12.4. The largest absolute Gasteiger partial charge is 0.486 e. The van der Waals surface area contributed by atoms with E-state index in [9.17, 15) is 4.79 Å². The first-order valence-electron chi connectivity index (χ1n) is 7.16. The molecule has 2 aromatic carbocycles. The van der Waals surface area contributed by atoms with E-state index in [1.807, 2.05) is 12.1 Å². The van der Waals surface area contributed by atoms with E-state index in [1.165, 1.54) is 0 Å². The minimum atomic E-state index is -0.249. The maximum atomic E-state index is 12.4. The zero-order valence-corrected chi connectivity index (χ0v) is 13.4. The van der Waals surface area contributed by atoms with Gasteiger partial charge in [0.2, 0.25) is 0 Å². The van der Waals surface area contributed by atoms with Gasteiger partial charge in [-0.15, -0.1) is 0 Å². The van der Waals surface area contributed by atoms with E-state index in [0.29, 0.717) is 47.6 Å². The molecule has 0 fully saturated rings. The third kappa shape index (κ3) is 3.57. The fourth-order valence-electron chi connectivity index (χ4n) is 2.32. The summed E-state index contributed by atoms with van der Waals surface area (Å²) < 4.78 is 16.0. The lowest BCUT2D eigenvalue weighted by molar-refractivity contribution is 0.102. The average Bonchev–Trinajstić information content (AvgIpc) is 2.56. The van der Waals surface area contributed by atoms with E-state index < -0.39 is 0 Å². The average molecular weight is 334 g/mol. The number of benzene rings is 2. The number of fused-ring (bicyclic) bond motifs is 1. The highest BCUT2D eigenvalue weighted by atomic mass is 35.5. The Morgan fingerprint density at radius 2 is 1.96 bits per heavy atom. The van der Waals surface area contributed by atoms with Gasteiger partial charge in [-0.2, -0.15) is 0 Å². The molecule has 1 aliphatic heterocycles. The Hall–Kier alpha value is -2.24. The zero-order chi connectivity index (χ0) is 16.2. The SMILES string of the molecule is COCc1cccc(C(=O)Nc2cc3c(cc2Cl)OCCO3)c1. The van der Waals surface area contributed by atoms with E-state index in [-0.39, 0.29) is 5.91 Å². The number of methoxy groups -OCH3 is 1. The van der Waals surface area contributed by atoms with Crippen molar-refractivity contribution in [3.05, 3.63) is 52.5 Å². The van der Waals surface area contributed by atoms with E-state index >= 15 is 0 Å². The first-order chi connectivity index (χ1) is 11.2. The summed E-state index contributed by atoms with van der Waals surface area (Å²) in [7, 11) is 1.61. The van der Waals surface area contributed by atoms with Crippen LogP contribution in [0.4, 0.5) is 5.69 Å². The summed E-state index contributed by atoms with van der Waals surface area (Å²) in [6.45, 7) is 1.41. The molecule has 0 bridgehead atoms. The molecule has 1 amide bonds. The lowest BCUT2D eigenvalue weighted by atomic mass is 10.1. The Morgan fingerprint density at radius 1 is 1.22 bits per heavy atom. The minimum absolute atomic E-state index is 0.249. The molecule has 0 aliphatic carbocycles. The number of nitrogens with one attached hydrogen (secondary N) is 1. The zero-order valence-electron chi connectivity index (χ0n) is 12.6. The number of carbonyl (C=O) groups is 1. The molecule has 0 unspecified atom stereocenters. The van der Waals surface area contributed by atoms with Crippen molar-refractivity contribution in [1.29, 1.82) is 0 Å². The fourth-order valence-corrected chi connectivity index (χ4v) is 2.52. The third-order valence-corrected chi connectivity index (χ3v) is 3.69. The van der Waals surface area contributed by atoms with Gasteiger partial charge in [0, 0.05) is 24.8 Å². The van der Waals surface area contributed by atoms with Crippen LogP contribution >= 0.6 is 11.6 Å². The maximum Gasteiger partial charge on any atom is 0.255 e. The van der Waals surface area contributed by atoms with Crippen LogP contribution in [0.3, 0.4) is 0 Å². The fraction of sp³-hybridized carbons (Fsp3) is 0.235. The highest BCUT2D eigenvalue weighted by Crippen LogP contribution is 2.38. The summed E-state index contributed by atoms with van der Waals surface area (Å²) in [6.07, 6.45) is 0. The Kier molecular flexibility index (Phi) is 4.69. The second-order valence-electron chi connectivity index (χ2n) is 5.06. The molecule has 2 aromatic rings. The standard InChI is InChI=1S/C17H16ClNO4/c1-21-10-11-3-2-4-12(7-11)17(20)19-14-9-16-15(8-13(14)18)22-5-6-23-16/h2-4,7-9H,5-6,10H2,1H3,(H,19,20). The lowest BCUT2D eigenvalue weighted by Gasteiger charge is -2.20. The summed E-state index contributed by atoms with van der Waals surface area (Å²) in [5.74, 6) is 0.909. The molecule has 1 aliphatic rings. The number of halogens is 1. The van der Waals surface area contributed by atoms with Crippen molar-refractivity contribution in [3.8, 4) is 11.5 Å². The highest BCUT2D eigenvalue weighted by molar-refractivity contribution is 6.34. The Bertz CT molecular complexity index is 733. The summed E-state index contributed by atoms with van der Waals surface area (Å²) in [6, 6.07) is 10.6. The molecule has 1 heterocycles. The van der Waals surface area contributed by atoms with E-state index in [0.717, 1.165) is 5.56 Å². The second-order valence-corrected chi connectivity index (χ2v) is 5.47. The van der Waals surface area contributed by atoms with Crippen molar-refractivity contribution >= 4 is 23.2 Å². The second kappa shape index (κ2) is 6.89. The monoisotopic (exact) mass is 333 g/mol. The molecule has 23 heavy (non-hydrogen) atoms. The molecule has 0 saturated carbocycles. The van der Waals surface area contributed by atoms with Gasteiger partial charge in [-0.1, -0.05) is 23.7 Å². The molecule has 120 valence electrons. The number of hydrogen-bond acceptors (Lipinski definition) is 4. The van der Waals surface area contributed by atoms with Crippen molar-refractivity contribution in [1.82, 2.24) is 0 Å². The van der Waals surface area contributed by atoms with Gasteiger partial charge in [0.15, 0.2) is 11.5 Å². The van der Waals surface area contributed by atoms with Gasteiger partial charge in [-0.3, -0.25) is 4.79 Å². The third-order valence-electron chi connectivity index (χ3n) is 3.38. The number of rotatable bonds is 4. The summed E-state index contributed by atoms with van der Waals surface area (Å²) in [5, 5.41) is 3.20. The van der Waals surface area contributed by atoms with Crippen LogP contribution in [0.15, 0.2) is 36.4 Å². The van der Waals surface area contributed by atoms with E-state index in [4.69, 9.17) is 25.8 Å². The Balaban J connectivity index is 1.81. The van der Waals surface area contributed by atoms with Crippen molar-refractivity contribution in [2.75, 3.05) is 25.6 Å². The predicted octanol–water partition coefficient (Wildman–Crippen LogP) is 3.51. The molecule has 1 N–H and O–H groups in total. The lowest BCUT2D eigenvalue weighted by Crippen LogP contribution is -2.17. The number of anilines is 1. The molecule has 0 aromatic heterocycles. The molecule has 0 saturated heterocycles. The Morgan fingerprint density at radius 3 is 2.70 bits per heavy atom. The normalized spacial score (nSPS) is 12.8. The van der Waals surface area contributed by atoms with Crippen LogP contribution < -0.4 is 14.8 Å². The number of hydrogen-bond donors (Lipinski definition) is 1. The summed E-state index contributed by atoms with van der Waals surface area (Å²) >= 11 is 6.20. The van der Waals surface area contributed by atoms with Crippen LogP contribution in [0.5, 0.6) is 11.5 Å². The number of carbonyl (C=O) groups excluding carboxylic acids is 1. The van der Waals surface area contributed by atoms with Crippen LogP contribution in [0.1, 0.15) is 15.9 Å². The first-order valence-corrected chi connectivity index (χ1v) is 7.53. The topological polar surface area (TPSA) is 56.8 Å². The number of ether oxygens (including phenoxy) is 3. The van der Waals surface area contributed by atoms with Gasteiger partial charge in [0.25, 0.3) is 5.91 Å². The molecular weight excluding hydrogens is 318 g/mol. The van der Waals surface area contributed by atoms with Crippen LogP contribution in [0, 0.1) is 0 Å². The molecule has 6 heteroatoms. The quantitative estimate of drug-likeness (QED) is 0.930. The van der Waals surface area contributed by atoms with Crippen molar-refractivity contribution in [2.24, 2.45) is 0 Å². The molecule has 0 atom stereocenters. The minimum Gasteiger partial charge on any atom is -0.486 e. The van der Waals surface area contributed by atoms with Crippen LogP contribution in [0.25, 0.3) is 0 Å². The first kappa shape index (κ1) is 15.6. The van der Waals surface area contributed by atoms with E-state index in [2.05, 4.69) is 5.32 Å². The van der Waals surface area contributed by atoms with Gasteiger partial charge in [0.05, 0.1) is 17.3 Å². The summed E-state index contributed by atoms with van der Waals surface area (Å²) in [5.41, 5.74) is 1.94. The van der Waals surface area contributed by atoms with Crippen LogP contribution in [0.2, 0.25) is 5.02 Å².